The highest BCUT2D eigenvalue weighted by atomic mass is 16.2. The lowest BCUT2D eigenvalue weighted by Gasteiger charge is -2.36. The zero-order valence-electron chi connectivity index (χ0n) is 13.7. The predicted molar refractivity (Wildman–Crippen MR) is 90.6 cm³/mol. The van der Waals surface area contributed by atoms with Gasteiger partial charge in [0, 0.05) is 37.8 Å². The van der Waals surface area contributed by atoms with E-state index in [0.717, 1.165) is 38.0 Å². The third-order valence-corrected chi connectivity index (χ3v) is 4.85. The highest BCUT2D eigenvalue weighted by Gasteiger charge is 2.30. The van der Waals surface area contributed by atoms with Gasteiger partial charge in [0.25, 0.3) is 5.91 Å². The number of benzene rings is 1. The molecule has 0 bridgehead atoms. The Bertz CT molecular complexity index is 605. The molecule has 1 heterocycles. The molecule has 2 aliphatic rings. The van der Waals surface area contributed by atoms with Crippen molar-refractivity contribution in [2.45, 2.75) is 19.3 Å². The zero-order chi connectivity index (χ0) is 16.9. The van der Waals surface area contributed by atoms with Crippen molar-refractivity contribution in [3.05, 3.63) is 30.3 Å². The Morgan fingerprint density at radius 3 is 2.25 bits per heavy atom. The molecule has 2 fully saturated rings. The summed E-state index contributed by atoms with van der Waals surface area (Å²) in [6.45, 7) is 2.69. The summed E-state index contributed by atoms with van der Waals surface area (Å²) in [5, 5.41) is 2.48. The second kappa shape index (κ2) is 7.47. The Kier molecular flexibility index (Phi) is 5.13. The van der Waals surface area contributed by atoms with E-state index in [9.17, 15) is 14.4 Å². The number of amides is 2. The van der Waals surface area contributed by atoms with Crippen LogP contribution in [0, 0.1) is 5.92 Å². The first-order valence-corrected chi connectivity index (χ1v) is 8.55. The van der Waals surface area contributed by atoms with Crippen LogP contribution in [0.15, 0.2) is 30.3 Å². The number of anilines is 1. The summed E-state index contributed by atoms with van der Waals surface area (Å²) in [7, 11) is 0. The van der Waals surface area contributed by atoms with Crippen LogP contribution >= 0.6 is 0 Å². The molecule has 2 amide bonds. The molecule has 1 aromatic carbocycles. The molecule has 0 aromatic heterocycles. The minimum Gasteiger partial charge on any atom is -0.368 e. The Morgan fingerprint density at radius 1 is 1.00 bits per heavy atom. The third-order valence-electron chi connectivity index (χ3n) is 4.85. The van der Waals surface area contributed by atoms with Gasteiger partial charge in [-0.2, -0.15) is 0 Å². The molecule has 128 valence electrons. The van der Waals surface area contributed by atoms with E-state index in [1.165, 1.54) is 0 Å². The Morgan fingerprint density at radius 2 is 1.67 bits per heavy atom. The fourth-order valence-electron chi connectivity index (χ4n) is 3.06. The number of hydrogen-bond acceptors (Lipinski definition) is 4. The van der Waals surface area contributed by atoms with E-state index in [1.54, 1.807) is 4.90 Å². The maximum Gasteiger partial charge on any atom is 0.288 e. The van der Waals surface area contributed by atoms with Gasteiger partial charge in [-0.25, -0.2) is 0 Å². The Balaban J connectivity index is 1.42. The molecule has 0 spiro atoms. The van der Waals surface area contributed by atoms with E-state index in [1.807, 2.05) is 18.2 Å². The van der Waals surface area contributed by atoms with Gasteiger partial charge in [0.2, 0.25) is 11.7 Å². The average molecular weight is 329 g/mol. The first kappa shape index (κ1) is 16.5. The van der Waals surface area contributed by atoms with Crippen LogP contribution < -0.4 is 10.2 Å². The quantitative estimate of drug-likeness (QED) is 0.812. The lowest BCUT2D eigenvalue weighted by atomic mass is 9.82. The van der Waals surface area contributed by atoms with Crippen LogP contribution in [-0.2, 0) is 14.4 Å². The van der Waals surface area contributed by atoms with Crippen LogP contribution in [0.4, 0.5) is 5.69 Å². The highest BCUT2D eigenvalue weighted by molar-refractivity contribution is 6.37. The van der Waals surface area contributed by atoms with Crippen molar-refractivity contribution in [1.29, 1.82) is 0 Å². The molecular weight excluding hydrogens is 306 g/mol. The van der Waals surface area contributed by atoms with Gasteiger partial charge in [0.05, 0.1) is 6.54 Å². The minimum atomic E-state index is -0.615. The highest BCUT2D eigenvalue weighted by Crippen LogP contribution is 2.26. The van der Waals surface area contributed by atoms with E-state index in [0.29, 0.717) is 13.1 Å². The van der Waals surface area contributed by atoms with Gasteiger partial charge >= 0.3 is 0 Å². The van der Waals surface area contributed by atoms with Crippen LogP contribution in [0.5, 0.6) is 0 Å². The largest absolute Gasteiger partial charge is 0.368 e. The van der Waals surface area contributed by atoms with Crippen molar-refractivity contribution in [1.82, 2.24) is 10.2 Å². The normalized spacial score (nSPS) is 18.0. The van der Waals surface area contributed by atoms with E-state index in [-0.39, 0.29) is 24.2 Å². The second-order valence-corrected chi connectivity index (χ2v) is 6.38. The van der Waals surface area contributed by atoms with Crippen molar-refractivity contribution in [2.75, 3.05) is 37.6 Å². The van der Waals surface area contributed by atoms with E-state index < -0.39 is 5.91 Å². The van der Waals surface area contributed by atoms with Crippen LogP contribution in [-0.4, -0.2) is 55.2 Å². The van der Waals surface area contributed by atoms with Crippen LogP contribution in [0.25, 0.3) is 0 Å². The summed E-state index contributed by atoms with van der Waals surface area (Å²) in [6.07, 6.45) is 2.59. The topological polar surface area (TPSA) is 69.7 Å². The number of nitrogens with zero attached hydrogens (tertiary/aromatic N) is 2. The Labute approximate surface area is 141 Å². The molecule has 1 aliphatic heterocycles. The maximum absolute atomic E-state index is 12.2. The monoisotopic (exact) mass is 329 g/mol. The summed E-state index contributed by atoms with van der Waals surface area (Å²) in [4.78, 5) is 39.7. The molecule has 0 radical (unpaired) electrons. The van der Waals surface area contributed by atoms with Gasteiger partial charge < -0.3 is 15.1 Å². The molecule has 3 rings (SSSR count). The molecule has 1 N–H and O–H groups in total. The van der Waals surface area contributed by atoms with Gasteiger partial charge in [-0.15, -0.1) is 0 Å². The van der Waals surface area contributed by atoms with Crippen molar-refractivity contribution in [3.8, 4) is 0 Å². The summed E-state index contributed by atoms with van der Waals surface area (Å²) in [5.74, 6) is -1.24. The number of para-hydroxylation sites is 1. The number of piperazine rings is 1. The summed E-state index contributed by atoms with van der Waals surface area (Å²) in [5.41, 5.74) is 1.16. The predicted octanol–water partition coefficient (Wildman–Crippen LogP) is 0.821. The molecule has 6 nitrogen and oxygen atoms in total. The summed E-state index contributed by atoms with van der Waals surface area (Å²) < 4.78 is 0. The number of nitrogens with one attached hydrogen (secondary N) is 1. The molecule has 24 heavy (non-hydrogen) atoms. The Hall–Kier alpha value is -2.37. The lowest BCUT2D eigenvalue weighted by molar-refractivity contribution is -0.142. The molecule has 1 aliphatic carbocycles. The van der Waals surface area contributed by atoms with Crippen LogP contribution in [0.1, 0.15) is 19.3 Å². The van der Waals surface area contributed by atoms with E-state index >= 15 is 0 Å². The number of Topliss-reactive ketones (excluding diaryl/α,β-unsaturated/α-hetero) is 1. The number of carbonyl (C=O) groups excluding carboxylic acids is 3. The molecular formula is C18H23N3O3. The van der Waals surface area contributed by atoms with Crippen molar-refractivity contribution < 1.29 is 14.4 Å². The number of carbonyl (C=O) groups is 3. The van der Waals surface area contributed by atoms with Crippen LogP contribution in [0.2, 0.25) is 0 Å². The minimum absolute atomic E-state index is 0.0946. The molecule has 1 saturated carbocycles. The van der Waals surface area contributed by atoms with Gasteiger partial charge in [-0.1, -0.05) is 24.6 Å². The number of rotatable bonds is 5. The van der Waals surface area contributed by atoms with Gasteiger partial charge in [-0.3, -0.25) is 14.4 Å². The maximum atomic E-state index is 12.2. The fourth-order valence-corrected chi connectivity index (χ4v) is 3.06. The molecule has 6 heteroatoms. The second-order valence-electron chi connectivity index (χ2n) is 6.38. The van der Waals surface area contributed by atoms with Crippen molar-refractivity contribution in [2.24, 2.45) is 5.92 Å². The standard InChI is InChI=1S/C18H23N3O3/c22-16(13-19-18(24)17(23)14-5-4-6-14)21-11-9-20(10-12-21)15-7-2-1-3-8-15/h1-3,7-8,14H,4-6,9-13H2,(H,19,24). The lowest BCUT2D eigenvalue weighted by Crippen LogP contribution is -2.52. The smallest absolute Gasteiger partial charge is 0.288 e. The molecule has 0 atom stereocenters. The van der Waals surface area contributed by atoms with E-state index in [2.05, 4.69) is 22.3 Å². The first-order chi connectivity index (χ1) is 11.6. The zero-order valence-corrected chi connectivity index (χ0v) is 13.7. The SMILES string of the molecule is O=C(NCC(=O)N1CCN(c2ccccc2)CC1)C(=O)C1CCC1. The van der Waals surface area contributed by atoms with Crippen molar-refractivity contribution in [3.63, 3.8) is 0 Å². The van der Waals surface area contributed by atoms with Crippen LogP contribution in [0.3, 0.4) is 0 Å². The summed E-state index contributed by atoms with van der Waals surface area (Å²) >= 11 is 0. The molecule has 1 aromatic rings. The fraction of sp³-hybridized carbons (Fsp3) is 0.500. The number of ketones is 1. The van der Waals surface area contributed by atoms with Gasteiger partial charge in [-0.05, 0) is 25.0 Å². The van der Waals surface area contributed by atoms with E-state index in [4.69, 9.17) is 0 Å². The van der Waals surface area contributed by atoms with Crippen molar-refractivity contribution >= 4 is 23.3 Å². The molecule has 0 unspecified atom stereocenters. The molecule has 1 saturated heterocycles. The third kappa shape index (κ3) is 3.75. The average Bonchev–Trinajstić information content (AvgIpc) is 2.58. The number of hydrogen-bond donors (Lipinski definition) is 1. The van der Waals surface area contributed by atoms with Gasteiger partial charge in [0.1, 0.15) is 0 Å². The van der Waals surface area contributed by atoms with Gasteiger partial charge in [0.15, 0.2) is 0 Å². The summed E-state index contributed by atoms with van der Waals surface area (Å²) in [6, 6.07) is 10.1. The first-order valence-electron chi connectivity index (χ1n) is 8.55.